The number of aromatic carboxylic acids is 1. The molecule has 2 aromatic heterocycles. The number of piperidine rings is 1. The van der Waals surface area contributed by atoms with Crippen molar-refractivity contribution in [2.24, 2.45) is 0 Å². The molecule has 6 heteroatoms. The van der Waals surface area contributed by atoms with Crippen LogP contribution in [0.25, 0.3) is 5.65 Å². The lowest BCUT2D eigenvalue weighted by atomic mass is 9.97. The van der Waals surface area contributed by atoms with E-state index in [-0.39, 0.29) is 5.56 Å². The van der Waals surface area contributed by atoms with Crippen LogP contribution in [-0.4, -0.2) is 50.7 Å². The second kappa shape index (κ2) is 4.62. The lowest BCUT2D eigenvalue weighted by Crippen LogP contribution is -2.29. The first-order valence-electron chi connectivity index (χ1n) is 6.41. The maximum Gasteiger partial charge on any atom is 0.337 e. The SMILES string of the molecule is CN1CCC(c2nc3ccc(C(=O)O)cn3n2)CC1. The summed E-state index contributed by atoms with van der Waals surface area (Å²) in [6, 6.07) is 3.26. The Bertz CT molecular complexity index is 614. The summed E-state index contributed by atoms with van der Waals surface area (Å²) in [5, 5.41) is 13.4. The topological polar surface area (TPSA) is 70.7 Å². The van der Waals surface area contributed by atoms with Crippen LogP contribution in [0.1, 0.15) is 34.9 Å². The van der Waals surface area contributed by atoms with Crippen LogP contribution in [0, 0.1) is 0 Å². The Morgan fingerprint density at radius 2 is 2.11 bits per heavy atom. The largest absolute Gasteiger partial charge is 0.478 e. The number of aromatic nitrogens is 3. The monoisotopic (exact) mass is 260 g/mol. The zero-order valence-electron chi connectivity index (χ0n) is 10.8. The van der Waals surface area contributed by atoms with Gasteiger partial charge in [0, 0.05) is 12.1 Å². The number of rotatable bonds is 2. The van der Waals surface area contributed by atoms with E-state index in [9.17, 15) is 4.79 Å². The smallest absolute Gasteiger partial charge is 0.337 e. The van der Waals surface area contributed by atoms with Crippen LogP contribution in [0.2, 0.25) is 0 Å². The van der Waals surface area contributed by atoms with Crippen molar-refractivity contribution in [2.75, 3.05) is 20.1 Å². The van der Waals surface area contributed by atoms with E-state index in [1.165, 1.54) is 6.20 Å². The summed E-state index contributed by atoms with van der Waals surface area (Å²) in [6.07, 6.45) is 3.63. The summed E-state index contributed by atoms with van der Waals surface area (Å²) in [4.78, 5) is 17.7. The number of likely N-dealkylation sites (tertiary alicyclic amines) is 1. The molecule has 0 aromatic carbocycles. The van der Waals surface area contributed by atoms with Gasteiger partial charge in [-0.05, 0) is 45.1 Å². The van der Waals surface area contributed by atoms with Gasteiger partial charge in [0.2, 0.25) is 0 Å². The van der Waals surface area contributed by atoms with Crippen molar-refractivity contribution in [2.45, 2.75) is 18.8 Å². The Labute approximate surface area is 110 Å². The van der Waals surface area contributed by atoms with E-state index in [1.807, 2.05) is 0 Å². The second-order valence-electron chi connectivity index (χ2n) is 5.07. The molecule has 0 aliphatic carbocycles. The Kier molecular flexibility index (Phi) is 2.94. The summed E-state index contributed by atoms with van der Waals surface area (Å²) < 4.78 is 1.57. The molecule has 1 fully saturated rings. The summed E-state index contributed by atoms with van der Waals surface area (Å²) >= 11 is 0. The predicted octanol–water partition coefficient (Wildman–Crippen LogP) is 1.24. The fraction of sp³-hybridized carbons (Fsp3) is 0.462. The molecular formula is C13H16N4O2. The van der Waals surface area contributed by atoms with Gasteiger partial charge in [0.1, 0.15) is 0 Å². The van der Waals surface area contributed by atoms with Crippen LogP contribution in [0.3, 0.4) is 0 Å². The maximum atomic E-state index is 10.9. The van der Waals surface area contributed by atoms with Crippen LogP contribution >= 0.6 is 0 Å². The van der Waals surface area contributed by atoms with Gasteiger partial charge in [-0.1, -0.05) is 0 Å². The Balaban J connectivity index is 1.91. The minimum absolute atomic E-state index is 0.229. The Hall–Kier alpha value is -1.95. The highest BCUT2D eigenvalue weighted by molar-refractivity contribution is 5.87. The van der Waals surface area contributed by atoms with Crippen LogP contribution in [0.15, 0.2) is 18.3 Å². The third kappa shape index (κ3) is 2.31. The van der Waals surface area contributed by atoms with Crippen molar-refractivity contribution in [1.29, 1.82) is 0 Å². The molecule has 3 rings (SSSR count). The zero-order valence-corrected chi connectivity index (χ0v) is 10.8. The van der Waals surface area contributed by atoms with Gasteiger partial charge in [-0.25, -0.2) is 14.3 Å². The number of carboxylic acid groups (broad SMARTS) is 1. The normalized spacial score (nSPS) is 17.9. The molecule has 1 saturated heterocycles. The van der Waals surface area contributed by atoms with Crippen LogP contribution < -0.4 is 0 Å². The van der Waals surface area contributed by atoms with Gasteiger partial charge in [0.15, 0.2) is 11.5 Å². The fourth-order valence-electron chi connectivity index (χ4n) is 2.47. The number of carboxylic acids is 1. The number of nitrogens with zero attached hydrogens (tertiary/aromatic N) is 4. The first-order valence-corrected chi connectivity index (χ1v) is 6.41. The number of carbonyl (C=O) groups is 1. The molecule has 0 saturated carbocycles. The summed E-state index contributed by atoms with van der Waals surface area (Å²) in [6.45, 7) is 2.11. The van der Waals surface area contributed by atoms with Gasteiger partial charge in [0.05, 0.1) is 5.56 Å². The minimum Gasteiger partial charge on any atom is -0.478 e. The van der Waals surface area contributed by atoms with Gasteiger partial charge in [-0.2, -0.15) is 5.10 Å². The van der Waals surface area contributed by atoms with E-state index in [1.54, 1.807) is 16.6 Å². The number of hydrogen-bond acceptors (Lipinski definition) is 4. The van der Waals surface area contributed by atoms with Gasteiger partial charge in [-0.3, -0.25) is 0 Å². The number of pyridine rings is 1. The van der Waals surface area contributed by atoms with E-state index in [2.05, 4.69) is 22.0 Å². The predicted molar refractivity (Wildman–Crippen MR) is 69.4 cm³/mol. The molecule has 0 spiro atoms. The summed E-state index contributed by atoms with van der Waals surface area (Å²) in [5.74, 6) is 0.262. The van der Waals surface area contributed by atoms with E-state index >= 15 is 0 Å². The van der Waals surface area contributed by atoms with E-state index in [0.29, 0.717) is 11.6 Å². The summed E-state index contributed by atoms with van der Waals surface area (Å²) in [7, 11) is 2.12. The lowest BCUT2D eigenvalue weighted by Gasteiger charge is -2.26. The first-order chi connectivity index (χ1) is 9.13. The van der Waals surface area contributed by atoms with Crippen LogP contribution in [0.4, 0.5) is 0 Å². The lowest BCUT2D eigenvalue weighted by molar-refractivity contribution is 0.0696. The first kappa shape index (κ1) is 12.1. The molecule has 1 aliphatic heterocycles. The molecule has 100 valence electrons. The fourth-order valence-corrected chi connectivity index (χ4v) is 2.47. The molecule has 1 N–H and O–H groups in total. The zero-order chi connectivity index (χ0) is 13.4. The van der Waals surface area contributed by atoms with Crippen molar-refractivity contribution < 1.29 is 9.90 Å². The van der Waals surface area contributed by atoms with E-state index in [4.69, 9.17) is 5.11 Å². The van der Waals surface area contributed by atoms with Crippen molar-refractivity contribution in [1.82, 2.24) is 19.5 Å². The van der Waals surface area contributed by atoms with Gasteiger partial charge in [-0.15, -0.1) is 0 Å². The molecular weight excluding hydrogens is 244 g/mol. The van der Waals surface area contributed by atoms with Crippen molar-refractivity contribution in [3.63, 3.8) is 0 Å². The standard InChI is InChI=1S/C13H16N4O2/c1-16-6-4-9(5-7-16)12-14-11-3-2-10(13(18)19)8-17(11)15-12/h2-3,8-9H,4-7H2,1H3,(H,18,19). The maximum absolute atomic E-state index is 10.9. The second-order valence-corrected chi connectivity index (χ2v) is 5.07. The molecule has 0 bridgehead atoms. The minimum atomic E-state index is -0.946. The molecule has 6 nitrogen and oxygen atoms in total. The van der Waals surface area contributed by atoms with Crippen molar-refractivity contribution in [3.05, 3.63) is 29.7 Å². The van der Waals surface area contributed by atoms with E-state index in [0.717, 1.165) is 31.8 Å². The van der Waals surface area contributed by atoms with Gasteiger partial charge in [0.25, 0.3) is 0 Å². The number of fused-ring (bicyclic) bond motifs is 1. The average molecular weight is 260 g/mol. The Morgan fingerprint density at radius 3 is 2.79 bits per heavy atom. The highest BCUT2D eigenvalue weighted by atomic mass is 16.4. The molecule has 0 atom stereocenters. The average Bonchev–Trinajstić information content (AvgIpc) is 2.82. The molecule has 2 aromatic rings. The molecule has 0 amide bonds. The highest BCUT2D eigenvalue weighted by Gasteiger charge is 2.22. The van der Waals surface area contributed by atoms with Crippen molar-refractivity contribution >= 4 is 11.6 Å². The summed E-state index contributed by atoms with van der Waals surface area (Å²) in [5.41, 5.74) is 0.936. The van der Waals surface area contributed by atoms with E-state index < -0.39 is 5.97 Å². The molecule has 19 heavy (non-hydrogen) atoms. The quantitative estimate of drug-likeness (QED) is 0.879. The highest BCUT2D eigenvalue weighted by Crippen LogP contribution is 2.25. The molecule has 1 aliphatic rings. The third-order valence-electron chi connectivity index (χ3n) is 3.68. The van der Waals surface area contributed by atoms with Gasteiger partial charge >= 0.3 is 5.97 Å². The molecule has 3 heterocycles. The Morgan fingerprint density at radius 1 is 1.37 bits per heavy atom. The number of hydrogen-bond donors (Lipinski definition) is 1. The van der Waals surface area contributed by atoms with Crippen LogP contribution in [0.5, 0.6) is 0 Å². The van der Waals surface area contributed by atoms with Crippen molar-refractivity contribution in [3.8, 4) is 0 Å². The molecule has 0 radical (unpaired) electrons. The molecule has 0 unspecified atom stereocenters. The third-order valence-corrected chi connectivity index (χ3v) is 3.68. The van der Waals surface area contributed by atoms with Gasteiger partial charge < -0.3 is 10.0 Å². The van der Waals surface area contributed by atoms with Crippen LogP contribution in [-0.2, 0) is 0 Å².